The Bertz CT molecular complexity index is 547. The van der Waals surface area contributed by atoms with Crippen molar-refractivity contribution in [3.63, 3.8) is 0 Å². The van der Waals surface area contributed by atoms with Crippen LogP contribution in [0.5, 0.6) is 0 Å². The van der Waals surface area contributed by atoms with Gasteiger partial charge in [-0.05, 0) is 46.6 Å². The second-order valence-electron chi connectivity index (χ2n) is 7.21. The molecule has 0 spiro atoms. The number of ketones is 1. The van der Waals surface area contributed by atoms with Gasteiger partial charge < -0.3 is 10.6 Å². The molecule has 0 aliphatic heterocycles. The summed E-state index contributed by atoms with van der Waals surface area (Å²) in [5.41, 5.74) is 1.92. The highest BCUT2D eigenvalue weighted by molar-refractivity contribution is 6.38. The summed E-state index contributed by atoms with van der Waals surface area (Å²) in [7, 11) is 0. The van der Waals surface area contributed by atoms with E-state index in [2.05, 4.69) is 10.6 Å². The molecule has 0 aromatic heterocycles. The normalized spacial score (nSPS) is 14.2. The quantitative estimate of drug-likeness (QED) is 0.758. The summed E-state index contributed by atoms with van der Waals surface area (Å²) in [6.07, 6.45) is 1.50. The van der Waals surface area contributed by atoms with E-state index in [1.807, 2.05) is 65.8 Å². The number of rotatable bonds is 7. The van der Waals surface area contributed by atoms with E-state index >= 15 is 0 Å². The van der Waals surface area contributed by atoms with Crippen LogP contribution in [-0.4, -0.2) is 23.3 Å². The first-order valence-corrected chi connectivity index (χ1v) is 8.33. The van der Waals surface area contributed by atoms with Crippen molar-refractivity contribution in [2.75, 3.05) is 0 Å². The van der Waals surface area contributed by atoms with Crippen molar-refractivity contribution in [2.45, 2.75) is 72.0 Å². The summed E-state index contributed by atoms with van der Waals surface area (Å²) >= 11 is 0. The van der Waals surface area contributed by atoms with Crippen LogP contribution in [0.25, 0.3) is 0 Å². The van der Waals surface area contributed by atoms with Crippen molar-refractivity contribution in [2.24, 2.45) is 0 Å². The van der Waals surface area contributed by atoms with Crippen LogP contribution < -0.4 is 10.6 Å². The van der Waals surface area contributed by atoms with Crippen LogP contribution in [0.4, 0.5) is 0 Å². The van der Waals surface area contributed by atoms with Gasteiger partial charge >= 0.3 is 0 Å². The molecule has 0 heterocycles. The van der Waals surface area contributed by atoms with Crippen LogP contribution in [0.3, 0.4) is 0 Å². The van der Waals surface area contributed by atoms with Crippen LogP contribution in [0.15, 0.2) is 24.3 Å². The van der Waals surface area contributed by atoms with E-state index < -0.39 is 11.9 Å². The monoisotopic (exact) mass is 318 g/mol. The van der Waals surface area contributed by atoms with Crippen LogP contribution in [0.1, 0.15) is 64.6 Å². The van der Waals surface area contributed by atoms with Gasteiger partial charge in [-0.1, -0.05) is 43.2 Å². The van der Waals surface area contributed by atoms with Gasteiger partial charge in [0.05, 0.1) is 12.1 Å². The molecule has 23 heavy (non-hydrogen) atoms. The first kappa shape index (κ1) is 19.4. The lowest BCUT2D eigenvalue weighted by Gasteiger charge is -2.27. The summed E-state index contributed by atoms with van der Waals surface area (Å²) in [4.78, 5) is 24.8. The average Bonchev–Trinajstić information content (AvgIpc) is 2.44. The minimum atomic E-state index is -0.519. The number of aryl methyl sites for hydroxylation is 1. The Hall–Kier alpha value is -1.68. The summed E-state index contributed by atoms with van der Waals surface area (Å²) in [6, 6.07) is 7.31. The predicted molar refractivity (Wildman–Crippen MR) is 94.3 cm³/mol. The molecular weight excluding hydrogens is 288 g/mol. The van der Waals surface area contributed by atoms with Gasteiger partial charge in [-0.25, -0.2) is 0 Å². The lowest BCUT2D eigenvalue weighted by atomic mass is 10.00. The van der Waals surface area contributed by atoms with Crippen molar-refractivity contribution in [3.05, 3.63) is 35.4 Å². The molecule has 1 amide bonds. The minimum absolute atomic E-state index is 0.191. The van der Waals surface area contributed by atoms with E-state index in [4.69, 9.17) is 0 Å². The first-order chi connectivity index (χ1) is 10.6. The fourth-order valence-corrected chi connectivity index (χ4v) is 2.53. The number of Topliss-reactive ketones (excluding diaryl/α,β-unsaturated/α-hetero) is 1. The van der Waals surface area contributed by atoms with E-state index in [1.165, 1.54) is 0 Å². The van der Waals surface area contributed by atoms with Crippen molar-refractivity contribution >= 4 is 11.7 Å². The molecule has 128 valence electrons. The van der Waals surface area contributed by atoms with Crippen molar-refractivity contribution in [1.29, 1.82) is 0 Å². The fraction of sp³-hybridized carbons (Fsp3) is 0.579. The molecule has 0 saturated heterocycles. The molecule has 0 aliphatic carbocycles. The third-order valence-electron chi connectivity index (χ3n) is 3.61. The number of hydrogen-bond acceptors (Lipinski definition) is 3. The highest BCUT2D eigenvalue weighted by Gasteiger charge is 2.28. The number of amides is 1. The Morgan fingerprint density at radius 3 is 2.39 bits per heavy atom. The Balaban J connectivity index is 2.75. The standard InChI is InChI=1S/C19H30N2O2/c1-7-9-16(21-19(4,5)6)17(22)18(23)20-14(3)15-11-8-10-13(2)12-15/h8,10-12,14,16,21H,7,9H2,1-6H3,(H,20,23). The van der Waals surface area contributed by atoms with Gasteiger partial charge in [-0.3, -0.25) is 9.59 Å². The number of benzene rings is 1. The SMILES string of the molecule is CCCC(NC(C)(C)C)C(=O)C(=O)NC(C)c1cccc(C)c1. The van der Waals surface area contributed by atoms with E-state index in [0.29, 0.717) is 6.42 Å². The average molecular weight is 318 g/mol. The topological polar surface area (TPSA) is 58.2 Å². The molecule has 2 N–H and O–H groups in total. The highest BCUT2D eigenvalue weighted by Crippen LogP contribution is 2.14. The Morgan fingerprint density at radius 1 is 1.22 bits per heavy atom. The molecule has 0 aliphatic rings. The summed E-state index contributed by atoms with van der Waals surface area (Å²) < 4.78 is 0. The summed E-state index contributed by atoms with van der Waals surface area (Å²) in [6.45, 7) is 11.9. The zero-order valence-electron chi connectivity index (χ0n) is 15.2. The van der Waals surface area contributed by atoms with Gasteiger partial charge in [0.1, 0.15) is 0 Å². The molecule has 4 heteroatoms. The molecule has 2 unspecified atom stereocenters. The predicted octanol–water partition coefficient (Wildman–Crippen LogP) is 3.30. The van der Waals surface area contributed by atoms with Gasteiger partial charge in [-0.2, -0.15) is 0 Å². The molecule has 0 radical (unpaired) electrons. The third-order valence-corrected chi connectivity index (χ3v) is 3.61. The molecule has 1 aromatic carbocycles. The van der Waals surface area contributed by atoms with Crippen LogP contribution in [0.2, 0.25) is 0 Å². The molecule has 0 fully saturated rings. The van der Waals surface area contributed by atoms with Crippen molar-refractivity contribution < 1.29 is 9.59 Å². The lowest BCUT2D eigenvalue weighted by Crippen LogP contribution is -2.52. The highest BCUT2D eigenvalue weighted by atomic mass is 16.2. The maximum absolute atomic E-state index is 12.5. The zero-order chi connectivity index (χ0) is 17.6. The van der Waals surface area contributed by atoms with Gasteiger partial charge in [-0.15, -0.1) is 0 Å². The van der Waals surface area contributed by atoms with Crippen LogP contribution in [0, 0.1) is 6.92 Å². The number of carbonyl (C=O) groups excluding carboxylic acids is 2. The Kier molecular flexibility index (Phi) is 6.95. The molecule has 1 aromatic rings. The van der Waals surface area contributed by atoms with Crippen LogP contribution >= 0.6 is 0 Å². The Morgan fingerprint density at radius 2 is 1.87 bits per heavy atom. The number of hydrogen-bond donors (Lipinski definition) is 2. The third kappa shape index (κ3) is 6.53. The van der Waals surface area contributed by atoms with Gasteiger partial charge in [0, 0.05) is 5.54 Å². The second kappa shape index (κ2) is 8.25. The zero-order valence-corrected chi connectivity index (χ0v) is 15.2. The lowest BCUT2D eigenvalue weighted by molar-refractivity contribution is -0.139. The summed E-state index contributed by atoms with van der Waals surface area (Å²) in [5.74, 6) is -0.907. The molecule has 1 rings (SSSR count). The molecule has 4 nitrogen and oxygen atoms in total. The maximum Gasteiger partial charge on any atom is 0.289 e. The minimum Gasteiger partial charge on any atom is -0.343 e. The van der Waals surface area contributed by atoms with E-state index in [0.717, 1.165) is 17.5 Å². The van der Waals surface area contributed by atoms with E-state index in [1.54, 1.807) is 0 Å². The fourth-order valence-electron chi connectivity index (χ4n) is 2.53. The van der Waals surface area contributed by atoms with Gasteiger partial charge in [0.25, 0.3) is 5.91 Å². The molecular formula is C19H30N2O2. The van der Waals surface area contributed by atoms with Crippen LogP contribution in [-0.2, 0) is 9.59 Å². The number of nitrogens with one attached hydrogen (secondary N) is 2. The Labute approximate surface area is 140 Å². The largest absolute Gasteiger partial charge is 0.343 e. The maximum atomic E-state index is 12.5. The molecule has 2 atom stereocenters. The van der Waals surface area contributed by atoms with Crippen molar-refractivity contribution in [3.8, 4) is 0 Å². The summed E-state index contributed by atoms with van der Waals surface area (Å²) in [5, 5.41) is 6.07. The smallest absolute Gasteiger partial charge is 0.289 e. The second-order valence-corrected chi connectivity index (χ2v) is 7.21. The first-order valence-electron chi connectivity index (χ1n) is 8.33. The van der Waals surface area contributed by atoms with Gasteiger partial charge in [0.15, 0.2) is 0 Å². The molecule has 0 bridgehead atoms. The van der Waals surface area contributed by atoms with E-state index in [-0.39, 0.29) is 17.4 Å². The van der Waals surface area contributed by atoms with Gasteiger partial charge in [0.2, 0.25) is 5.78 Å². The molecule has 0 saturated carbocycles. The number of carbonyl (C=O) groups is 2. The van der Waals surface area contributed by atoms with E-state index in [9.17, 15) is 9.59 Å². The van der Waals surface area contributed by atoms with Crippen molar-refractivity contribution in [1.82, 2.24) is 10.6 Å².